The average molecular weight is 419 g/mol. The summed E-state index contributed by atoms with van der Waals surface area (Å²) in [5, 5.41) is 0. The lowest BCUT2D eigenvalue weighted by Gasteiger charge is -2.18. The van der Waals surface area contributed by atoms with Gasteiger partial charge < -0.3 is 4.74 Å². The molecule has 5 heteroatoms. The molecule has 23 heavy (non-hydrogen) atoms. The largest absolute Gasteiger partial charge is 0.446 e. The second-order valence-electron chi connectivity index (χ2n) is 5.10. The van der Waals surface area contributed by atoms with Crippen LogP contribution < -0.4 is 0 Å². The molecule has 0 spiro atoms. The molecule has 2 aromatic rings. The zero-order valence-corrected chi connectivity index (χ0v) is 14.3. The summed E-state index contributed by atoms with van der Waals surface area (Å²) >= 11 is 2.21. The van der Waals surface area contributed by atoms with Gasteiger partial charge in [-0.05, 0) is 51.9 Å². The molecule has 1 saturated heterocycles. The van der Waals surface area contributed by atoms with E-state index in [9.17, 15) is 9.59 Å². The van der Waals surface area contributed by atoms with E-state index in [2.05, 4.69) is 22.6 Å². The zero-order chi connectivity index (χ0) is 16.2. The maximum absolute atomic E-state index is 12.4. The first-order valence-electron chi connectivity index (χ1n) is 7.14. The third kappa shape index (κ3) is 3.61. The fourth-order valence-electron chi connectivity index (χ4n) is 2.44. The van der Waals surface area contributed by atoms with Gasteiger partial charge in [-0.25, -0.2) is 9.69 Å². The van der Waals surface area contributed by atoms with Gasteiger partial charge in [-0.1, -0.05) is 42.5 Å². The Kier molecular flexibility index (Phi) is 4.76. The number of carbonyl (C=O) groups excluding carboxylic acids is 2. The molecule has 1 aliphatic heterocycles. The van der Waals surface area contributed by atoms with Crippen LogP contribution in [0.25, 0.3) is 6.08 Å². The maximum atomic E-state index is 12.4. The van der Waals surface area contributed by atoms with Crippen LogP contribution in [-0.4, -0.2) is 23.5 Å². The second-order valence-corrected chi connectivity index (χ2v) is 6.35. The standard InChI is InChI=1S/C18H14INO3/c19-15-8-4-5-13(11-15)9-10-17(21)20-16(12-23-18(20)22)14-6-2-1-3-7-14/h1-11,16H,12H2/b10-9+/t16-/m1/s1. The lowest BCUT2D eigenvalue weighted by Crippen LogP contribution is -2.32. The van der Waals surface area contributed by atoms with Crippen molar-refractivity contribution < 1.29 is 14.3 Å². The van der Waals surface area contributed by atoms with E-state index in [0.29, 0.717) is 0 Å². The Balaban J connectivity index is 1.80. The summed E-state index contributed by atoms with van der Waals surface area (Å²) < 4.78 is 6.14. The molecule has 4 nitrogen and oxygen atoms in total. The number of ether oxygens (including phenoxy) is 1. The molecular weight excluding hydrogens is 405 g/mol. The molecule has 0 N–H and O–H groups in total. The van der Waals surface area contributed by atoms with Gasteiger partial charge in [0.15, 0.2) is 0 Å². The van der Waals surface area contributed by atoms with E-state index in [1.165, 1.54) is 11.0 Å². The van der Waals surface area contributed by atoms with E-state index >= 15 is 0 Å². The molecule has 0 unspecified atom stereocenters. The van der Waals surface area contributed by atoms with Crippen molar-refractivity contribution in [3.63, 3.8) is 0 Å². The zero-order valence-electron chi connectivity index (χ0n) is 12.2. The minimum Gasteiger partial charge on any atom is -0.446 e. The molecule has 116 valence electrons. The Labute approximate surface area is 147 Å². The molecule has 2 amide bonds. The van der Waals surface area contributed by atoms with Crippen molar-refractivity contribution in [1.82, 2.24) is 4.90 Å². The highest BCUT2D eigenvalue weighted by atomic mass is 127. The summed E-state index contributed by atoms with van der Waals surface area (Å²) in [4.78, 5) is 25.5. The third-order valence-corrected chi connectivity index (χ3v) is 4.23. The summed E-state index contributed by atoms with van der Waals surface area (Å²) in [6.07, 6.45) is 2.52. The van der Waals surface area contributed by atoms with E-state index in [-0.39, 0.29) is 18.6 Å². The molecule has 2 aromatic carbocycles. The predicted octanol–water partition coefficient (Wildman–Crippen LogP) is 4.02. The van der Waals surface area contributed by atoms with Crippen molar-refractivity contribution in [3.05, 3.63) is 75.4 Å². The molecule has 0 radical (unpaired) electrons. The van der Waals surface area contributed by atoms with Crippen LogP contribution in [0.4, 0.5) is 4.79 Å². The number of cyclic esters (lactones) is 1. The van der Waals surface area contributed by atoms with Gasteiger partial charge in [0.2, 0.25) is 0 Å². The normalized spacial score (nSPS) is 17.5. The van der Waals surface area contributed by atoms with Crippen molar-refractivity contribution >= 4 is 40.7 Å². The Morgan fingerprint density at radius 3 is 2.70 bits per heavy atom. The maximum Gasteiger partial charge on any atom is 0.417 e. The van der Waals surface area contributed by atoms with Crippen LogP contribution >= 0.6 is 22.6 Å². The molecule has 1 atom stereocenters. The summed E-state index contributed by atoms with van der Waals surface area (Å²) in [6, 6.07) is 16.8. The van der Waals surface area contributed by atoms with Crippen LogP contribution in [0.3, 0.4) is 0 Å². The SMILES string of the molecule is O=C(/C=C/c1cccc(I)c1)N1C(=O)OC[C@@H]1c1ccccc1. The molecular formula is C18H14INO3. The summed E-state index contributed by atoms with van der Waals surface area (Å²) in [7, 11) is 0. The number of nitrogens with zero attached hydrogens (tertiary/aromatic N) is 1. The monoisotopic (exact) mass is 419 g/mol. The number of carbonyl (C=O) groups is 2. The van der Waals surface area contributed by atoms with Crippen LogP contribution in [0, 0.1) is 3.57 Å². The summed E-state index contributed by atoms with van der Waals surface area (Å²) in [5.74, 6) is -0.375. The van der Waals surface area contributed by atoms with Gasteiger partial charge in [-0.15, -0.1) is 0 Å². The first-order valence-corrected chi connectivity index (χ1v) is 8.21. The lowest BCUT2D eigenvalue weighted by molar-refractivity contribution is -0.124. The van der Waals surface area contributed by atoms with Crippen molar-refractivity contribution in [3.8, 4) is 0 Å². The number of hydrogen-bond acceptors (Lipinski definition) is 3. The number of rotatable bonds is 3. The van der Waals surface area contributed by atoms with Crippen LogP contribution in [0.1, 0.15) is 17.2 Å². The molecule has 0 bridgehead atoms. The predicted molar refractivity (Wildman–Crippen MR) is 95.6 cm³/mol. The minimum atomic E-state index is -0.601. The highest BCUT2D eigenvalue weighted by Crippen LogP contribution is 2.27. The van der Waals surface area contributed by atoms with Gasteiger partial charge in [-0.2, -0.15) is 0 Å². The van der Waals surface area contributed by atoms with Gasteiger partial charge >= 0.3 is 6.09 Å². The average Bonchev–Trinajstić information content (AvgIpc) is 2.95. The molecule has 0 aromatic heterocycles. The van der Waals surface area contributed by atoms with E-state index in [1.54, 1.807) is 6.08 Å². The van der Waals surface area contributed by atoms with Crippen molar-refractivity contribution in [2.24, 2.45) is 0 Å². The fraction of sp³-hybridized carbons (Fsp3) is 0.111. The van der Waals surface area contributed by atoms with Gasteiger partial charge in [0.25, 0.3) is 5.91 Å². The first kappa shape index (κ1) is 15.7. The van der Waals surface area contributed by atoms with Gasteiger partial charge in [0.05, 0.1) is 0 Å². The van der Waals surface area contributed by atoms with E-state index < -0.39 is 6.09 Å². The smallest absolute Gasteiger partial charge is 0.417 e. The molecule has 0 aliphatic carbocycles. The van der Waals surface area contributed by atoms with E-state index in [0.717, 1.165) is 14.7 Å². The van der Waals surface area contributed by atoms with Crippen molar-refractivity contribution in [1.29, 1.82) is 0 Å². The molecule has 1 heterocycles. The highest BCUT2D eigenvalue weighted by Gasteiger charge is 2.37. The molecule has 1 aliphatic rings. The lowest BCUT2D eigenvalue weighted by atomic mass is 10.1. The molecule has 3 rings (SSSR count). The molecule has 0 saturated carbocycles. The van der Waals surface area contributed by atoms with Crippen LogP contribution in [0.5, 0.6) is 0 Å². The summed E-state index contributed by atoms with van der Waals surface area (Å²) in [6.45, 7) is 0.186. The Hall–Kier alpha value is -2.15. The van der Waals surface area contributed by atoms with Crippen LogP contribution in [0.15, 0.2) is 60.7 Å². The molecule has 1 fully saturated rings. The highest BCUT2D eigenvalue weighted by molar-refractivity contribution is 14.1. The van der Waals surface area contributed by atoms with Gasteiger partial charge in [0.1, 0.15) is 12.6 Å². The Bertz CT molecular complexity index is 758. The Morgan fingerprint density at radius 2 is 1.96 bits per heavy atom. The van der Waals surface area contributed by atoms with Gasteiger partial charge in [-0.3, -0.25) is 4.79 Å². The van der Waals surface area contributed by atoms with Crippen LogP contribution in [-0.2, 0) is 9.53 Å². The van der Waals surface area contributed by atoms with E-state index in [4.69, 9.17) is 4.74 Å². The van der Waals surface area contributed by atoms with E-state index in [1.807, 2.05) is 54.6 Å². The van der Waals surface area contributed by atoms with Crippen molar-refractivity contribution in [2.45, 2.75) is 6.04 Å². The number of halogens is 1. The first-order chi connectivity index (χ1) is 11.1. The summed E-state index contributed by atoms with van der Waals surface area (Å²) in [5.41, 5.74) is 1.79. The number of benzene rings is 2. The number of hydrogen-bond donors (Lipinski definition) is 0. The Morgan fingerprint density at radius 1 is 1.17 bits per heavy atom. The van der Waals surface area contributed by atoms with Crippen molar-refractivity contribution in [2.75, 3.05) is 6.61 Å². The van der Waals surface area contributed by atoms with Crippen LogP contribution in [0.2, 0.25) is 0 Å². The quantitative estimate of drug-likeness (QED) is 0.558. The minimum absolute atomic E-state index is 0.186. The third-order valence-electron chi connectivity index (χ3n) is 3.56. The number of amides is 2. The topological polar surface area (TPSA) is 46.6 Å². The number of imide groups is 1. The van der Waals surface area contributed by atoms with Gasteiger partial charge in [0, 0.05) is 9.65 Å². The second kappa shape index (κ2) is 6.95. The fourth-order valence-corrected chi connectivity index (χ4v) is 3.01.